The van der Waals surface area contributed by atoms with Gasteiger partial charge in [0, 0.05) is 12.1 Å². The average Bonchev–Trinajstić information content (AvgIpc) is 3.26. The number of para-hydroxylation sites is 1. The van der Waals surface area contributed by atoms with E-state index in [-0.39, 0.29) is 11.3 Å². The molecule has 1 heterocycles. The molecule has 220 valence electrons. The molecule has 0 aromatic heterocycles. The van der Waals surface area contributed by atoms with Crippen LogP contribution in [0.15, 0.2) is 109 Å². The summed E-state index contributed by atoms with van der Waals surface area (Å²) in [5.41, 5.74) is 3.02. The highest BCUT2D eigenvalue weighted by atomic mass is 16.5. The Bertz CT molecular complexity index is 1620. The SMILES string of the molecule is Cc1cc(C(O)=C2C(=O)C(=O)N(CCCN(C)C)[C@H]2c2cccc(Oc3ccccc3)c2)ccc1OCc1ccccc1. The van der Waals surface area contributed by atoms with Crippen molar-refractivity contribution < 1.29 is 24.2 Å². The van der Waals surface area contributed by atoms with Crippen molar-refractivity contribution in [3.8, 4) is 17.2 Å². The first-order valence-electron chi connectivity index (χ1n) is 14.4. The summed E-state index contributed by atoms with van der Waals surface area (Å²) in [5.74, 6) is 0.364. The van der Waals surface area contributed by atoms with Crippen LogP contribution in [0.4, 0.5) is 0 Å². The molecule has 7 nitrogen and oxygen atoms in total. The van der Waals surface area contributed by atoms with Crippen LogP contribution in [-0.4, -0.2) is 53.8 Å². The van der Waals surface area contributed by atoms with Crippen molar-refractivity contribution in [3.05, 3.63) is 131 Å². The lowest BCUT2D eigenvalue weighted by atomic mass is 9.94. The molecule has 1 aliphatic heterocycles. The standard InChI is InChI=1S/C36H36N2O5/c1-25-22-28(18-19-31(25)42-24-26-12-6-4-7-13-26)34(39)32-33(38(36(41)35(32)40)21-11-20-37(2)3)27-14-10-17-30(23-27)43-29-15-8-5-9-16-29/h4-10,12-19,22-23,33,39H,11,20-21,24H2,1-3H3/t33-/m0/s1. The predicted molar refractivity (Wildman–Crippen MR) is 167 cm³/mol. The molecule has 1 saturated heterocycles. The third-order valence-electron chi connectivity index (χ3n) is 7.38. The summed E-state index contributed by atoms with van der Waals surface area (Å²) in [5, 5.41) is 11.6. The number of benzene rings is 4. The molecule has 7 heteroatoms. The molecule has 1 amide bonds. The maximum Gasteiger partial charge on any atom is 0.295 e. The lowest BCUT2D eigenvalue weighted by Crippen LogP contribution is -2.32. The van der Waals surface area contributed by atoms with E-state index in [0.29, 0.717) is 47.9 Å². The van der Waals surface area contributed by atoms with Crippen LogP contribution >= 0.6 is 0 Å². The second-order valence-corrected chi connectivity index (χ2v) is 10.9. The van der Waals surface area contributed by atoms with Gasteiger partial charge in [-0.15, -0.1) is 0 Å². The van der Waals surface area contributed by atoms with Gasteiger partial charge in [-0.25, -0.2) is 0 Å². The van der Waals surface area contributed by atoms with Crippen molar-refractivity contribution in [3.63, 3.8) is 0 Å². The monoisotopic (exact) mass is 576 g/mol. The first kappa shape index (κ1) is 29.6. The molecule has 0 saturated carbocycles. The number of aryl methyl sites for hydroxylation is 1. The van der Waals surface area contributed by atoms with Gasteiger partial charge in [-0.1, -0.05) is 60.7 Å². The number of carbonyl (C=O) groups excluding carboxylic acids is 2. The van der Waals surface area contributed by atoms with Crippen molar-refractivity contribution in [2.24, 2.45) is 0 Å². The fourth-order valence-corrected chi connectivity index (χ4v) is 5.24. The van der Waals surface area contributed by atoms with Crippen LogP contribution in [0.5, 0.6) is 17.2 Å². The van der Waals surface area contributed by atoms with Crippen LogP contribution < -0.4 is 9.47 Å². The second kappa shape index (κ2) is 13.4. The third kappa shape index (κ3) is 6.96. The van der Waals surface area contributed by atoms with Crippen molar-refractivity contribution in [1.82, 2.24) is 9.80 Å². The lowest BCUT2D eigenvalue weighted by molar-refractivity contribution is -0.139. The number of hydrogen-bond donors (Lipinski definition) is 1. The molecular weight excluding hydrogens is 540 g/mol. The van der Waals surface area contributed by atoms with Crippen molar-refractivity contribution >= 4 is 17.4 Å². The number of aliphatic hydroxyl groups is 1. The molecule has 0 radical (unpaired) electrons. The van der Waals surface area contributed by atoms with E-state index in [2.05, 4.69) is 0 Å². The van der Waals surface area contributed by atoms with Gasteiger partial charge < -0.3 is 24.4 Å². The van der Waals surface area contributed by atoms with Crippen LogP contribution in [0.3, 0.4) is 0 Å². The highest BCUT2D eigenvalue weighted by molar-refractivity contribution is 6.46. The first-order chi connectivity index (χ1) is 20.8. The summed E-state index contributed by atoms with van der Waals surface area (Å²) in [6.45, 7) is 3.40. The van der Waals surface area contributed by atoms with Crippen LogP contribution in [0.1, 0.15) is 34.7 Å². The van der Waals surface area contributed by atoms with Crippen molar-refractivity contribution in [1.29, 1.82) is 0 Å². The minimum Gasteiger partial charge on any atom is -0.507 e. The normalized spacial score (nSPS) is 16.1. The Morgan fingerprint density at radius 3 is 2.26 bits per heavy atom. The molecule has 1 atom stereocenters. The van der Waals surface area contributed by atoms with E-state index >= 15 is 0 Å². The summed E-state index contributed by atoms with van der Waals surface area (Å²) in [6, 6.07) is 31.1. The van der Waals surface area contributed by atoms with Gasteiger partial charge in [-0.3, -0.25) is 9.59 Å². The first-order valence-corrected chi connectivity index (χ1v) is 14.4. The third-order valence-corrected chi connectivity index (χ3v) is 7.38. The molecule has 0 unspecified atom stereocenters. The minimum atomic E-state index is -0.768. The maximum absolute atomic E-state index is 13.5. The fourth-order valence-electron chi connectivity index (χ4n) is 5.24. The van der Waals surface area contributed by atoms with Crippen LogP contribution in [0, 0.1) is 6.92 Å². The molecule has 5 rings (SSSR count). The molecule has 0 aliphatic carbocycles. The highest BCUT2D eigenvalue weighted by Gasteiger charge is 2.46. The lowest BCUT2D eigenvalue weighted by Gasteiger charge is -2.26. The quantitative estimate of drug-likeness (QED) is 0.121. The molecule has 4 aromatic carbocycles. The zero-order valence-electron chi connectivity index (χ0n) is 24.7. The van der Waals surface area contributed by atoms with Gasteiger partial charge in [0.05, 0.1) is 11.6 Å². The maximum atomic E-state index is 13.5. The van der Waals surface area contributed by atoms with E-state index in [1.807, 2.05) is 111 Å². The van der Waals surface area contributed by atoms with Gasteiger partial charge in [0.1, 0.15) is 29.6 Å². The summed E-state index contributed by atoms with van der Waals surface area (Å²) in [6.07, 6.45) is 0.670. The van der Waals surface area contributed by atoms with Crippen molar-refractivity contribution in [2.45, 2.75) is 26.0 Å². The summed E-state index contributed by atoms with van der Waals surface area (Å²) in [4.78, 5) is 30.5. The average molecular weight is 577 g/mol. The Morgan fingerprint density at radius 1 is 0.860 bits per heavy atom. The Hall–Kier alpha value is -4.88. The zero-order chi connectivity index (χ0) is 30.3. The number of ether oxygens (including phenoxy) is 2. The van der Waals surface area contributed by atoms with Gasteiger partial charge >= 0.3 is 0 Å². The highest BCUT2D eigenvalue weighted by Crippen LogP contribution is 2.41. The van der Waals surface area contributed by atoms with Gasteiger partial charge in [0.25, 0.3) is 11.7 Å². The van der Waals surface area contributed by atoms with E-state index in [1.165, 1.54) is 0 Å². The van der Waals surface area contributed by atoms with Crippen LogP contribution in [-0.2, 0) is 16.2 Å². The largest absolute Gasteiger partial charge is 0.507 e. The Balaban J connectivity index is 1.49. The summed E-state index contributed by atoms with van der Waals surface area (Å²) < 4.78 is 12.1. The Labute approximate surface area is 252 Å². The number of carbonyl (C=O) groups is 2. The molecule has 0 spiro atoms. The number of nitrogens with zero attached hydrogens (tertiary/aromatic N) is 2. The number of aliphatic hydroxyl groups excluding tert-OH is 1. The number of ketones is 1. The summed E-state index contributed by atoms with van der Waals surface area (Å²) >= 11 is 0. The topological polar surface area (TPSA) is 79.3 Å². The number of Topliss-reactive ketones (excluding diaryl/α,β-unsaturated/α-hetero) is 1. The fraction of sp³-hybridized carbons (Fsp3) is 0.222. The van der Waals surface area contributed by atoms with Gasteiger partial charge in [-0.2, -0.15) is 0 Å². The molecular formula is C36H36N2O5. The van der Waals surface area contributed by atoms with Gasteiger partial charge in [0.15, 0.2) is 0 Å². The predicted octanol–water partition coefficient (Wildman–Crippen LogP) is 6.74. The van der Waals surface area contributed by atoms with Crippen molar-refractivity contribution in [2.75, 3.05) is 27.2 Å². The van der Waals surface area contributed by atoms with Crippen LogP contribution in [0.25, 0.3) is 5.76 Å². The molecule has 1 fully saturated rings. The van der Waals surface area contributed by atoms with E-state index in [1.54, 1.807) is 23.1 Å². The van der Waals surface area contributed by atoms with Gasteiger partial charge in [-0.05, 0) is 93.1 Å². The van der Waals surface area contributed by atoms with E-state index in [4.69, 9.17) is 9.47 Å². The minimum absolute atomic E-state index is 0.0593. The molecule has 4 aromatic rings. The summed E-state index contributed by atoms with van der Waals surface area (Å²) in [7, 11) is 3.93. The molecule has 1 aliphatic rings. The van der Waals surface area contributed by atoms with E-state index in [0.717, 1.165) is 17.7 Å². The molecule has 43 heavy (non-hydrogen) atoms. The number of hydrogen-bond acceptors (Lipinski definition) is 6. The van der Waals surface area contributed by atoms with E-state index in [9.17, 15) is 14.7 Å². The number of likely N-dealkylation sites (tertiary alicyclic amines) is 1. The number of amides is 1. The Kier molecular flexibility index (Phi) is 9.23. The Morgan fingerprint density at radius 2 is 1.56 bits per heavy atom. The van der Waals surface area contributed by atoms with E-state index < -0.39 is 17.7 Å². The zero-order valence-corrected chi connectivity index (χ0v) is 24.7. The molecule has 1 N–H and O–H groups in total. The van der Waals surface area contributed by atoms with Crippen LogP contribution in [0.2, 0.25) is 0 Å². The molecule has 0 bridgehead atoms. The second-order valence-electron chi connectivity index (χ2n) is 10.9. The van der Waals surface area contributed by atoms with Gasteiger partial charge in [0.2, 0.25) is 0 Å². The number of rotatable bonds is 11. The smallest absolute Gasteiger partial charge is 0.295 e.